The molecule has 29 heavy (non-hydrogen) atoms. The third-order valence-corrected chi connectivity index (χ3v) is 5.82. The van der Waals surface area contributed by atoms with Gasteiger partial charge in [0.05, 0.1) is 0 Å². The van der Waals surface area contributed by atoms with E-state index >= 15 is 0 Å². The molecule has 5 rings (SSSR count). The molecule has 0 radical (unpaired) electrons. The van der Waals surface area contributed by atoms with Gasteiger partial charge in [0.15, 0.2) is 0 Å². The lowest BCUT2D eigenvalue weighted by atomic mass is 9.82. The highest BCUT2D eigenvalue weighted by Crippen LogP contribution is 2.41. The molecule has 4 aromatic carbocycles. The summed E-state index contributed by atoms with van der Waals surface area (Å²) in [7, 11) is 0. The Balaban J connectivity index is 1.66. The van der Waals surface area contributed by atoms with Crippen LogP contribution in [0.4, 0.5) is 0 Å². The van der Waals surface area contributed by atoms with Crippen molar-refractivity contribution in [3.63, 3.8) is 0 Å². The second kappa shape index (κ2) is 7.07. The monoisotopic (exact) mass is 370 g/mol. The molecule has 0 N–H and O–H groups in total. The van der Waals surface area contributed by atoms with Crippen molar-refractivity contribution in [2.45, 2.75) is 6.42 Å². The van der Waals surface area contributed by atoms with Crippen molar-refractivity contribution in [3.8, 4) is 22.3 Å². The minimum absolute atomic E-state index is 0.993. The molecule has 0 atom stereocenters. The minimum Gasteiger partial charge on any atom is -0.0990 e. The van der Waals surface area contributed by atoms with Gasteiger partial charge in [-0.2, -0.15) is 0 Å². The predicted octanol–water partition coefficient (Wildman–Crippen LogP) is 7.83. The maximum Gasteiger partial charge on any atom is -0.00132 e. The molecule has 0 unspecified atom stereocenters. The molecule has 0 nitrogen and oxygen atoms in total. The molecule has 0 heteroatoms. The lowest BCUT2D eigenvalue weighted by Crippen LogP contribution is -2.01. The Hall–Kier alpha value is -3.64. The fourth-order valence-corrected chi connectivity index (χ4v) is 4.44. The van der Waals surface area contributed by atoms with Crippen LogP contribution < -0.4 is 0 Å². The van der Waals surface area contributed by atoms with Gasteiger partial charge in [-0.25, -0.2) is 0 Å². The summed E-state index contributed by atoms with van der Waals surface area (Å²) in [6.45, 7) is 7.76. The summed E-state index contributed by atoms with van der Waals surface area (Å²) in [5, 5.41) is 2.72. The number of hydrogen-bond donors (Lipinski definition) is 0. The quantitative estimate of drug-likeness (QED) is 0.283. The highest BCUT2D eigenvalue weighted by molar-refractivity contribution is 6.02. The van der Waals surface area contributed by atoms with Crippen molar-refractivity contribution in [2.24, 2.45) is 0 Å². The first-order chi connectivity index (χ1) is 14.3. The molecule has 0 amide bonds. The molecule has 0 heterocycles. The third kappa shape index (κ3) is 2.94. The van der Waals surface area contributed by atoms with Crippen molar-refractivity contribution >= 4 is 16.3 Å². The Kier molecular flexibility index (Phi) is 4.26. The van der Waals surface area contributed by atoms with Crippen LogP contribution in [0.1, 0.15) is 16.7 Å². The van der Waals surface area contributed by atoms with E-state index in [2.05, 4.69) is 92.0 Å². The summed E-state index contributed by atoms with van der Waals surface area (Å²) >= 11 is 0. The molecule has 0 bridgehead atoms. The van der Waals surface area contributed by atoms with E-state index < -0.39 is 0 Å². The van der Waals surface area contributed by atoms with Crippen LogP contribution in [0, 0.1) is 0 Å². The van der Waals surface area contributed by atoms with Crippen LogP contribution >= 0.6 is 0 Å². The minimum atomic E-state index is 0.993. The molecule has 0 saturated heterocycles. The van der Waals surface area contributed by atoms with E-state index in [-0.39, 0.29) is 0 Å². The second-order valence-electron chi connectivity index (χ2n) is 7.51. The molecule has 1 aliphatic carbocycles. The zero-order chi connectivity index (χ0) is 19.8. The Bertz CT molecular complexity index is 1300. The first-order valence-corrected chi connectivity index (χ1v) is 9.98. The van der Waals surface area contributed by atoms with Gasteiger partial charge in [-0.05, 0) is 73.8 Å². The van der Waals surface area contributed by atoms with Crippen LogP contribution in [-0.2, 0) is 6.42 Å². The summed E-state index contributed by atoms with van der Waals surface area (Å²) in [4.78, 5) is 0. The van der Waals surface area contributed by atoms with Gasteiger partial charge < -0.3 is 0 Å². The third-order valence-electron chi connectivity index (χ3n) is 5.82. The van der Waals surface area contributed by atoms with Gasteiger partial charge >= 0.3 is 0 Å². The van der Waals surface area contributed by atoms with Gasteiger partial charge in [-0.3, -0.25) is 0 Å². The lowest BCUT2D eigenvalue weighted by molar-refractivity contribution is 1.20. The van der Waals surface area contributed by atoms with Gasteiger partial charge in [0.25, 0.3) is 0 Å². The van der Waals surface area contributed by atoms with E-state index in [1.165, 1.54) is 44.2 Å². The standard InChI is InChI=1S/C29H22/c1-3-8-20(4-2)22-11-6-12-23(17-22)24-15-16-25-18-26-13-5-9-21-10-7-14-27(29(21)26)28(25)19-24/h3-17,19H,1-2,18H2/b20-8+. The highest BCUT2D eigenvalue weighted by atomic mass is 14.2. The van der Waals surface area contributed by atoms with Crippen LogP contribution in [-0.4, -0.2) is 0 Å². The topological polar surface area (TPSA) is 0 Å². The molecule has 0 saturated carbocycles. The lowest BCUT2D eigenvalue weighted by Gasteiger charge is -2.21. The van der Waals surface area contributed by atoms with Gasteiger partial charge in [0, 0.05) is 0 Å². The number of benzene rings is 4. The van der Waals surface area contributed by atoms with Crippen LogP contribution in [0.25, 0.3) is 38.6 Å². The molecule has 0 aromatic heterocycles. The van der Waals surface area contributed by atoms with E-state index in [1.54, 1.807) is 6.08 Å². The van der Waals surface area contributed by atoms with E-state index in [1.807, 2.05) is 12.2 Å². The predicted molar refractivity (Wildman–Crippen MR) is 126 cm³/mol. The summed E-state index contributed by atoms with van der Waals surface area (Å²) in [5.74, 6) is 0. The zero-order valence-corrected chi connectivity index (χ0v) is 16.4. The molecule has 0 aliphatic heterocycles. The van der Waals surface area contributed by atoms with Crippen LogP contribution in [0.15, 0.2) is 110 Å². The van der Waals surface area contributed by atoms with Gasteiger partial charge in [-0.15, -0.1) is 0 Å². The maximum absolute atomic E-state index is 3.94. The van der Waals surface area contributed by atoms with Gasteiger partial charge in [-0.1, -0.05) is 98.1 Å². The van der Waals surface area contributed by atoms with E-state index in [4.69, 9.17) is 0 Å². The first-order valence-electron chi connectivity index (χ1n) is 9.98. The fourth-order valence-electron chi connectivity index (χ4n) is 4.44. The van der Waals surface area contributed by atoms with Crippen LogP contribution in [0.3, 0.4) is 0 Å². The Morgan fingerprint density at radius 2 is 1.52 bits per heavy atom. The largest absolute Gasteiger partial charge is 0.0990 e. The number of hydrogen-bond acceptors (Lipinski definition) is 0. The Morgan fingerprint density at radius 1 is 0.724 bits per heavy atom. The van der Waals surface area contributed by atoms with E-state index in [9.17, 15) is 0 Å². The summed E-state index contributed by atoms with van der Waals surface area (Å²) < 4.78 is 0. The van der Waals surface area contributed by atoms with Crippen LogP contribution in [0.5, 0.6) is 0 Å². The second-order valence-corrected chi connectivity index (χ2v) is 7.51. The molecule has 0 spiro atoms. The summed E-state index contributed by atoms with van der Waals surface area (Å²) in [6.07, 6.45) is 6.68. The molecule has 138 valence electrons. The molecule has 4 aromatic rings. The Morgan fingerprint density at radius 3 is 2.34 bits per heavy atom. The van der Waals surface area contributed by atoms with Gasteiger partial charge in [0.1, 0.15) is 0 Å². The molecule has 1 aliphatic rings. The fraction of sp³-hybridized carbons (Fsp3) is 0.0345. The average Bonchev–Trinajstić information content (AvgIpc) is 2.78. The van der Waals surface area contributed by atoms with E-state index in [0.717, 1.165) is 17.6 Å². The Labute approximate surface area is 172 Å². The van der Waals surface area contributed by atoms with Crippen molar-refractivity contribution < 1.29 is 0 Å². The van der Waals surface area contributed by atoms with E-state index in [0.29, 0.717) is 0 Å². The molecule has 0 fully saturated rings. The summed E-state index contributed by atoms with van der Waals surface area (Å²) in [6, 6.07) is 28.8. The van der Waals surface area contributed by atoms with Crippen molar-refractivity contribution in [3.05, 3.63) is 127 Å². The number of rotatable bonds is 4. The number of fused-ring (bicyclic) bond motifs is 2. The summed E-state index contributed by atoms with van der Waals surface area (Å²) in [5.41, 5.74) is 10.2. The normalized spacial score (nSPS) is 12.5. The zero-order valence-electron chi connectivity index (χ0n) is 16.4. The van der Waals surface area contributed by atoms with Crippen LogP contribution in [0.2, 0.25) is 0 Å². The van der Waals surface area contributed by atoms with Gasteiger partial charge in [0.2, 0.25) is 0 Å². The van der Waals surface area contributed by atoms with Crippen molar-refractivity contribution in [1.29, 1.82) is 0 Å². The van der Waals surface area contributed by atoms with Crippen molar-refractivity contribution in [2.75, 3.05) is 0 Å². The number of allylic oxidation sites excluding steroid dienone is 4. The molecular weight excluding hydrogens is 348 g/mol. The smallest absolute Gasteiger partial charge is 0.00132 e. The maximum atomic E-state index is 3.94. The average molecular weight is 370 g/mol. The molecular formula is C29H22. The first kappa shape index (κ1) is 17.5. The van der Waals surface area contributed by atoms with Crippen molar-refractivity contribution in [1.82, 2.24) is 0 Å². The highest BCUT2D eigenvalue weighted by Gasteiger charge is 2.18. The SMILES string of the molecule is C=C/C=C(\C=C)c1cccc(-c2ccc3c(c2)-c2cccc4cccc(c24)C3)c1.